The van der Waals surface area contributed by atoms with Crippen LogP contribution in [0.2, 0.25) is 0 Å². The Hall–Kier alpha value is -2.40. The highest BCUT2D eigenvalue weighted by molar-refractivity contribution is 5.92. The second-order valence-corrected chi connectivity index (χ2v) is 5.96. The summed E-state index contributed by atoms with van der Waals surface area (Å²) in [6, 6.07) is 14.0. The van der Waals surface area contributed by atoms with Gasteiger partial charge in [0, 0.05) is 17.8 Å². The third-order valence-electron chi connectivity index (χ3n) is 4.32. The maximum atomic E-state index is 13.1. The molecule has 1 atom stereocenters. The first-order chi connectivity index (χ1) is 11.7. The summed E-state index contributed by atoms with van der Waals surface area (Å²) in [6.45, 7) is 1.19. The summed E-state index contributed by atoms with van der Waals surface area (Å²) < 4.78 is 18.3. The smallest absolute Gasteiger partial charge is 0.238 e. The Morgan fingerprint density at radius 3 is 2.83 bits per heavy atom. The molecule has 0 bridgehead atoms. The van der Waals surface area contributed by atoms with E-state index >= 15 is 0 Å². The molecule has 126 valence electrons. The lowest BCUT2D eigenvalue weighted by atomic mass is 10.0. The van der Waals surface area contributed by atoms with Crippen LogP contribution in [0.5, 0.6) is 5.75 Å². The highest BCUT2D eigenvalue weighted by atomic mass is 19.1. The van der Waals surface area contributed by atoms with Crippen LogP contribution in [-0.4, -0.2) is 31.0 Å². The minimum Gasteiger partial charge on any atom is -0.497 e. The molecule has 1 saturated heterocycles. The molecule has 0 aromatic heterocycles. The molecule has 1 heterocycles. The number of carbonyl (C=O) groups is 1. The Labute approximate surface area is 141 Å². The number of anilines is 1. The molecule has 0 aliphatic carbocycles. The Kier molecular flexibility index (Phi) is 5.11. The SMILES string of the molecule is COc1cccc(NC(=O)CN2CCC[C@@H]2c2ccc(F)cc2)c1. The topological polar surface area (TPSA) is 41.6 Å². The number of nitrogens with one attached hydrogen (secondary N) is 1. The van der Waals surface area contributed by atoms with Gasteiger partial charge >= 0.3 is 0 Å². The number of benzene rings is 2. The molecular weight excluding hydrogens is 307 g/mol. The van der Waals surface area contributed by atoms with Crippen LogP contribution in [0.1, 0.15) is 24.4 Å². The third kappa shape index (κ3) is 3.92. The predicted molar refractivity (Wildman–Crippen MR) is 91.6 cm³/mol. The van der Waals surface area contributed by atoms with E-state index in [1.807, 2.05) is 18.2 Å². The van der Waals surface area contributed by atoms with E-state index in [0.717, 1.165) is 30.6 Å². The van der Waals surface area contributed by atoms with Gasteiger partial charge in [-0.25, -0.2) is 4.39 Å². The average Bonchev–Trinajstić information content (AvgIpc) is 3.03. The summed E-state index contributed by atoms with van der Waals surface area (Å²) >= 11 is 0. The zero-order valence-electron chi connectivity index (χ0n) is 13.7. The van der Waals surface area contributed by atoms with Gasteiger partial charge in [-0.1, -0.05) is 18.2 Å². The van der Waals surface area contributed by atoms with E-state index in [0.29, 0.717) is 12.3 Å². The van der Waals surface area contributed by atoms with Gasteiger partial charge in [0.2, 0.25) is 5.91 Å². The van der Waals surface area contributed by atoms with Crippen molar-refractivity contribution in [2.75, 3.05) is 25.5 Å². The van der Waals surface area contributed by atoms with E-state index in [9.17, 15) is 9.18 Å². The molecule has 1 amide bonds. The van der Waals surface area contributed by atoms with Gasteiger partial charge in [-0.2, -0.15) is 0 Å². The van der Waals surface area contributed by atoms with Crippen molar-refractivity contribution >= 4 is 11.6 Å². The molecule has 0 spiro atoms. The number of halogens is 1. The molecule has 0 unspecified atom stereocenters. The molecule has 1 N–H and O–H groups in total. The van der Waals surface area contributed by atoms with Crippen molar-refractivity contribution in [1.29, 1.82) is 0 Å². The maximum Gasteiger partial charge on any atom is 0.238 e. The number of hydrogen-bond acceptors (Lipinski definition) is 3. The van der Waals surface area contributed by atoms with Crippen LogP contribution in [0.3, 0.4) is 0 Å². The predicted octanol–water partition coefficient (Wildman–Crippen LogP) is 3.61. The second-order valence-electron chi connectivity index (χ2n) is 5.96. The van der Waals surface area contributed by atoms with Crippen molar-refractivity contribution < 1.29 is 13.9 Å². The number of carbonyl (C=O) groups excluding carboxylic acids is 1. The number of ether oxygens (including phenoxy) is 1. The minimum absolute atomic E-state index is 0.0581. The van der Waals surface area contributed by atoms with E-state index in [1.54, 1.807) is 25.3 Å². The van der Waals surface area contributed by atoms with Crippen LogP contribution in [0.4, 0.5) is 10.1 Å². The Morgan fingerprint density at radius 2 is 2.08 bits per heavy atom. The third-order valence-corrected chi connectivity index (χ3v) is 4.32. The summed E-state index contributed by atoms with van der Waals surface area (Å²) in [7, 11) is 1.60. The largest absolute Gasteiger partial charge is 0.497 e. The number of hydrogen-bond donors (Lipinski definition) is 1. The van der Waals surface area contributed by atoms with Crippen molar-refractivity contribution in [2.24, 2.45) is 0 Å². The first kappa shape index (κ1) is 16.5. The van der Waals surface area contributed by atoms with Crippen LogP contribution in [0, 0.1) is 5.82 Å². The summed E-state index contributed by atoms with van der Waals surface area (Å²) in [5.41, 5.74) is 1.78. The Morgan fingerprint density at radius 1 is 1.29 bits per heavy atom. The number of amides is 1. The minimum atomic E-state index is -0.237. The zero-order valence-corrected chi connectivity index (χ0v) is 13.7. The molecule has 1 aliphatic heterocycles. The van der Waals surface area contributed by atoms with E-state index in [4.69, 9.17) is 4.74 Å². The normalized spacial score (nSPS) is 17.7. The van der Waals surface area contributed by atoms with Gasteiger partial charge in [0.15, 0.2) is 0 Å². The van der Waals surface area contributed by atoms with E-state index in [2.05, 4.69) is 10.2 Å². The molecule has 0 saturated carbocycles. The van der Waals surface area contributed by atoms with Gasteiger partial charge < -0.3 is 10.1 Å². The van der Waals surface area contributed by atoms with Crippen molar-refractivity contribution in [3.8, 4) is 5.75 Å². The fraction of sp³-hybridized carbons (Fsp3) is 0.316. The monoisotopic (exact) mass is 328 g/mol. The molecule has 0 radical (unpaired) electrons. The maximum absolute atomic E-state index is 13.1. The molecule has 5 heteroatoms. The summed E-state index contributed by atoms with van der Waals surface area (Å²) in [4.78, 5) is 14.5. The van der Waals surface area contributed by atoms with E-state index in [1.165, 1.54) is 12.1 Å². The number of nitrogens with zero attached hydrogens (tertiary/aromatic N) is 1. The van der Waals surface area contributed by atoms with E-state index in [-0.39, 0.29) is 17.8 Å². The lowest BCUT2D eigenvalue weighted by molar-refractivity contribution is -0.117. The van der Waals surface area contributed by atoms with Crippen molar-refractivity contribution in [3.05, 3.63) is 59.9 Å². The molecule has 24 heavy (non-hydrogen) atoms. The number of rotatable bonds is 5. The molecule has 1 aliphatic rings. The standard InChI is InChI=1S/C19H21FN2O2/c1-24-17-5-2-4-16(12-17)21-19(23)13-22-11-3-6-18(22)14-7-9-15(20)10-8-14/h2,4-5,7-10,12,18H,3,6,11,13H2,1H3,(H,21,23)/t18-/m1/s1. The highest BCUT2D eigenvalue weighted by Crippen LogP contribution is 2.31. The molecule has 2 aromatic carbocycles. The van der Waals surface area contributed by atoms with Crippen LogP contribution in [0.25, 0.3) is 0 Å². The van der Waals surface area contributed by atoms with Gasteiger partial charge in [-0.05, 0) is 49.2 Å². The van der Waals surface area contributed by atoms with Gasteiger partial charge in [0.1, 0.15) is 11.6 Å². The van der Waals surface area contributed by atoms with Gasteiger partial charge in [-0.3, -0.25) is 9.69 Å². The first-order valence-corrected chi connectivity index (χ1v) is 8.09. The van der Waals surface area contributed by atoms with Gasteiger partial charge in [0.25, 0.3) is 0 Å². The molecule has 3 rings (SSSR count). The van der Waals surface area contributed by atoms with Crippen LogP contribution < -0.4 is 10.1 Å². The fourth-order valence-electron chi connectivity index (χ4n) is 3.16. The van der Waals surface area contributed by atoms with Gasteiger partial charge in [0.05, 0.1) is 13.7 Å². The number of methoxy groups -OCH3 is 1. The average molecular weight is 328 g/mol. The van der Waals surface area contributed by atoms with Crippen molar-refractivity contribution in [3.63, 3.8) is 0 Å². The van der Waals surface area contributed by atoms with Crippen LogP contribution in [0.15, 0.2) is 48.5 Å². The van der Waals surface area contributed by atoms with Gasteiger partial charge in [-0.15, -0.1) is 0 Å². The number of likely N-dealkylation sites (tertiary alicyclic amines) is 1. The highest BCUT2D eigenvalue weighted by Gasteiger charge is 2.27. The lowest BCUT2D eigenvalue weighted by Gasteiger charge is -2.24. The molecule has 1 fully saturated rings. The van der Waals surface area contributed by atoms with Crippen molar-refractivity contribution in [1.82, 2.24) is 4.90 Å². The molecule has 4 nitrogen and oxygen atoms in total. The Bertz CT molecular complexity index is 703. The van der Waals surface area contributed by atoms with E-state index < -0.39 is 0 Å². The van der Waals surface area contributed by atoms with Crippen LogP contribution in [-0.2, 0) is 4.79 Å². The van der Waals surface area contributed by atoms with Crippen LogP contribution >= 0.6 is 0 Å². The fourth-order valence-corrected chi connectivity index (χ4v) is 3.16. The quantitative estimate of drug-likeness (QED) is 0.912. The van der Waals surface area contributed by atoms with Crippen molar-refractivity contribution in [2.45, 2.75) is 18.9 Å². The summed E-state index contributed by atoms with van der Waals surface area (Å²) in [5, 5.41) is 2.90. The molecule has 2 aromatic rings. The zero-order chi connectivity index (χ0) is 16.9. The summed E-state index contributed by atoms with van der Waals surface area (Å²) in [6.07, 6.45) is 2.02. The summed E-state index contributed by atoms with van der Waals surface area (Å²) in [5.74, 6) is 0.412. The lowest BCUT2D eigenvalue weighted by Crippen LogP contribution is -2.32. The molecular formula is C19H21FN2O2. The first-order valence-electron chi connectivity index (χ1n) is 8.09. The second kappa shape index (κ2) is 7.45. The Balaban J connectivity index is 1.63.